The van der Waals surface area contributed by atoms with Gasteiger partial charge >= 0.3 is 0 Å². The Morgan fingerprint density at radius 1 is 1.06 bits per heavy atom. The fourth-order valence-electron chi connectivity index (χ4n) is 3.93. The number of nitrogens with one attached hydrogen (secondary N) is 1. The SMILES string of the molecule is CC(O)C(F)(F)c1ccc(CC(=O)Nc2ccc(C(=O)N(C)c3cc(C4CC4)ccc3F)cc2)cc1. The molecule has 5 nitrogen and oxygen atoms in total. The Kier molecular flexibility index (Phi) is 7.17. The number of hydrogen-bond donors (Lipinski definition) is 2. The molecule has 1 atom stereocenters. The number of aliphatic hydroxyl groups is 1. The van der Waals surface area contributed by atoms with Crippen molar-refractivity contribution in [3.8, 4) is 0 Å². The fourth-order valence-corrected chi connectivity index (χ4v) is 3.93. The molecule has 3 aromatic carbocycles. The van der Waals surface area contributed by atoms with Crippen molar-refractivity contribution in [3.05, 3.63) is 94.8 Å². The number of nitrogens with zero attached hydrogens (tertiary/aromatic N) is 1. The van der Waals surface area contributed by atoms with Crippen molar-refractivity contribution in [2.75, 3.05) is 17.3 Å². The number of aliphatic hydroxyl groups excluding tert-OH is 1. The summed E-state index contributed by atoms with van der Waals surface area (Å²) in [4.78, 5) is 26.6. The van der Waals surface area contributed by atoms with Gasteiger partial charge in [0.1, 0.15) is 11.9 Å². The van der Waals surface area contributed by atoms with Crippen molar-refractivity contribution < 1.29 is 27.9 Å². The molecule has 4 rings (SSSR count). The van der Waals surface area contributed by atoms with Gasteiger partial charge < -0.3 is 15.3 Å². The summed E-state index contributed by atoms with van der Waals surface area (Å²) < 4.78 is 42.2. The van der Waals surface area contributed by atoms with Crippen LogP contribution in [0.15, 0.2) is 66.7 Å². The average molecular weight is 497 g/mol. The lowest BCUT2D eigenvalue weighted by molar-refractivity contribution is -0.115. The molecule has 0 spiro atoms. The number of amides is 2. The van der Waals surface area contributed by atoms with E-state index in [0.29, 0.717) is 22.7 Å². The largest absolute Gasteiger partial charge is 0.387 e. The fraction of sp³-hybridized carbons (Fsp3) is 0.286. The molecule has 1 aliphatic carbocycles. The minimum atomic E-state index is -3.38. The van der Waals surface area contributed by atoms with Crippen molar-refractivity contribution in [2.45, 2.75) is 44.1 Å². The van der Waals surface area contributed by atoms with Crippen LogP contribution in [-0.4, -0.2) is 30.1 Å². The zero-order chi connectivity index (χ0) is 26.0. The second-order valence-electron chi connectivity index (χ2n) is 9.15. The zero-order valence-corrected chi connectivity index (χ0v) is 20.0. The van der Waals surface area contributed by atoms with Crippen LogP contribution in [0.2, 0.25) is 0 Å². The highest BCUT2D eigenvalue weighted by Gasteiger charge is 2.37. The molecule has 2 amide bonds. The quantitative estimate of drug-likeness (QED) is 0.425. The number of anilines is 2. The highest BCUT2D eigenvalue weighted by molar-refractivity contribution is 6.06. The maximum Gasteiger partial charge on any atom is 0.298 e. The first-order valence-electron chi connectivity index (χ1n) is 11.7. The summed E-state index contributed by atoms with van der Waals surface area (Å²) >= 11 is 0. The smallest absolute Gasteiger partial charge is 0.298 e. The maximum atomic E-state index is 14.4. The lowest BCUT2D eigenvalue weighted by atomic mass is 10.0. The molecule has 0 heterocycles. The van der Waals surface area contributed by atoms with Crippen LogP contribution < -0.4 is 10.2 Å². The van der Waals surface area contributed by atoms with E-state index in [1.165, 1.54) is 42.3 Å². The molecular formula is C28H27F3N2O3. The average Bonchev–Trinajstić information content (AvgIpc) is 3.70. The van der Waals surface area contributed by atoms with Gasteiger partial charge in [-0.2, -0.15) is 8.78 Å². The summed E-state index contributed by atoms with van der Waals surface area (Å²) in [6, 6.07) is 16.3. The van der Waals surface area contributed by atoms with E-state index < -0.39 is 17.8 Å². The van der Waals surface area contributed by atoms with Gasteiger partial charge in [0.15, 0.2) is 0 Å². The second-order valence-corrected chi connectivity index (χ2v) is 9.15. The van der Waals surface area contributed by atoms with Crippen LogP contribution >= 0.6 is 0 Å². The predicted molar refractivity (Wildman–Crippen MR) is 132 cm³/mol. The molecule has 1 unspecified atom stereocenters. The van der Waals surface area contributed by atoms with E-state index in [2.05, 4.69) is 5.32 Å². The van der Waals surface area contributed by atoms with Crippen LogP contribution in [0.25, 0.3) is 0 Å². The van der Waals surface area contributed by atoms with Gasteiger partial charge in [-0.1, -0.05) is 30.3 Å². The third-order valence-electron chi connectivity index (χ3n) is 6.33. The Balaban J connectivity index is 1.37. The number of carbonyl (C=O) groups is 2. The standard InChI is InChI=1S/C28H27F3N2O3/c1-17(34)28(30,31)22-10-3-18(4-11-22)15-26(35)32-23-12-7-20(8-13-23)27(36)33(2)25-16-21(19-5-6-19)9-14-24(25)29/h3-4,7-14,16-17,19,34H,5-6,15H2,1-2H3,(H,32,35). The van der Waals surface area contributed by atoms with Crippen LogP contribution in [0.4, 0.5) is 24.5 Å². The molecule has 1 fully saturated rings. The van der Waals surface area contributed by atoms with Crippen LogP contribution in [0.5, 0.6) is 0 Å². The summed E-state index contributed by atoms with van der Waals surface area (Å²) in [7, 11) is 1.52. The number of carbonyl (C=O) groups excluding carboxylic acids is 2. The topological polar surface area (TPSA) is 69.6 Å². The van der Waals surface area contributed by atoms with Crippen LogP contribution in [0.1, 0.15) is 52.7 Å². The number of rotatable bonds is 8. The van der Waals surface area contributed by atoms with Crippen molar-refractivity contribution in [3.63, 3.8) is 0 Å². The molecule has 188 valence electrons. The number of halogens is 3. The van der Waals surface area contributed by atoms with Gasteiger partial charge in [0.05, 0.1) is 12.1 Å². The van der Waals surface area contributed by atoms with E-state index >= 15 is 0 Å². The van der Waals surface area contributed by atoms with Gasteiger partial charge in [0.25, 0.3) is 11.8 Å². The van der Waals surface area contributed by atoms with Crippen molar-refractivity contribution in [2.24, 2.45) is 0 Å². The summed E-state index contributed by atoms with van der Waals surface area (Å²) in [5.41, 5.74) is 2.24. The van der Waals surface area contributed by atoms with Crippen molar-refractivity contribution >= 4 is 23.2 Å². The van der Waals surface area contributed by atoms with Gasteiger partial charge in [-0.05, 0) is 73.2 Å². The molecule has 0 saturated heterocycles. The van der Waals surface area contributed by atoms with E-state index in [1.54, 1.807) is 36.4 Å². The lowest BCUT2D eigenvalue weighted by Gasteiger charge is -2.20. The van der Waals surface area contributed by atoms with Gasteiger partial charge in [0, 0.05) is 23.9 Å². The summed E-state index contributed by atoms with van der Waals surface area (Å²) in [6.45, 7) is 1.02. The minimum absolute atomic E-state index is 0.0411. The minimum Gasteiger partial charge on any atom is -0.387 e. The van der Waals surface area contributed by atoms with E-state index in [-0.39, 0.29) is 29.5 Å². The third kappa shape index (κ3) is 5.60. The Hall–Kier alpha value is -3.65. The third-order valence-corrected chi connectivity index (χ3v) is 6.33. The maximum absolute atomic E-state index is 14.4. The molecule has 1 aliphatic rings. The molecule has 0 aromatic heterocycles. The van der Waals surface area contributed by atoms with Gasteiger partial charge in [-0.25, -0.2) is 4.39 Å². The van der Waals surface area contributed by atoms with Crippen molar-refractivity contribution in [1.29, 1.82) is 0 Å². The molecule has 3 aromatic rings. The second kappa shape index (κ2) is 10.1. The molecule has 0 radical (unpaired) electrons. The molecule has 2 N–H and O–H groups in total. The Morgan fingerprint density at radius 3 is 2.28 bits per heavy atom. The first kappa shape index (κ1) is 25.4. The number of alkyl halides is 2. The Bertz CT molecular complexity index is 1250. The van der Waals surface area contributed by atoms with Crippen LogP contribution in [0, 0.1) is 5.82 Å². The van der Waals surface area contributed by atoms with E-state index in [4.69, 9.17) is 0 Å². The Morgan fingerprint density at radius 2 is 1.69 bits per heavy atom. The van der Waals surface area contributed by atoms with Gasteiger partial charge in [0.2, 0.25) is 5.91 Å². The summed E-state index contributed by atoms with van der Waals surface area (Å²) in [5.74, 6) is -4.16. The van der Waals surface area contributed by atoms with Crippen molar-refractivity contribution in [1.82, 2.24) is 0 Å². The molecular weight excluding hydrogens is 469 g/mol. The molecule has 1 saturated carbocycles. The van der Waals surface area contributed by atoms with Crippen LogP contribution in [-0.2, 0) is 17.1 Å². The molecule has 0 bridgehead atoms. The zero-order valence-electron chi connectivity index (χ0n) is 20.0. The highest BCUT2D eigenvalue weighted by Crippen LogP contribution is 2.41. The summed E-state index contributed by atoms with van der Waals surface area (Å²) in [6.07, 6.45) is 0.272. The monoisotopic (exact) mass is 496 g/mol. The number of benzene rings is 3. The number of hydrogen-bond acceptors (Lipinski definition) is 3. The Labute approximate surface area is 207 Å². The van der Waals surface area contributed by atoms with Crippen LogP contribution in [0.3, 0.4) is 0 Å². The molecule has 36 heavy (non-hydrogen) atoms. The molecule has 8 heteroatoms. The van der Waals surface area contributed by atoms with E-state index in [0.717, 1.165) is 25.3 Å². The summed E-state index contributed by atoms with van der Waals surface area (Å²) in [5, 5.41) is 11.9. The predicted octanol–water partition coefficient (Wildman–Crippen LogP) is 5.63. The first-order chi connectivity index (χ1) is 17.1. The van der Waals surface area contributed by atoms with Gasteiger partial charge in [-0.15, -0.1) is 0 Å². The first-order valence-corrected chi connectivity index (χ1v) is 11.7. The normalized spacial score (nSPS) is 14.3. The highest BCUT2D eigenvalue weighted by atomic mass is 19.3. The molecule has 0 aliphatic heterocycles. The lowest BCUT2D eigenvalue weighted by Crippen LogP contribution is -2.28. The van der Waals surface area contributed by atoms with E-state index in [1.807, 2.05) is 0 Å². The van der Waals surface area contributed by atoms with E-state index in [9.17, 15) is 27.9 Å². The van der Waals surface area contributed by atoms with Gasteiger partial charge in [-0.3, -0.25) is 9.59 Å².